The lowest BCUT2D eigenvalue weighted by Gasteiger charge is -2.08. The van der Waals surface area contributed by atoms with Crippen LogP contribution in [0.1, 0.15) is 26.1 Å². The summed E-state index contributed by atoms with van der Waals surface area (Å²) in [6.07, 6.45) is 0.922. The number of aliphatic carboxylic acids is 1. The van der Waals surface area contributed by atoms with Gasteiger partial charge in [-0.3, -0.25) is 4.79 Å². The van der Waals surface area contributed by atoms with Gasteiger partial charge in [0.2, 0.25) is 0 Å². The summed E-state index contributed by atoms with van der Waals surface area (Å²) >= 11 is 0. The van der Waals surface area contributed by atoms with Crippen molar-refractivity contribution in [2.75, 3.05) is 5.75 Å². The quantitative estimate of drug-likeness (QED) is 0.769. The van der Waals surface area contributed by atoms with Crippen LogP contribution in [0.2, 0.25) is 0 Å². The second-order valence-corrected chi connectivity index (χ2v) is 6.67. The number of hydrogen-bond donors (Lipinski definition) is 1. The highest BCUT2D eigenvalue weighted by Crippen LogP contribution is 2.07. The van der Waals surface area contributed by atoms with E-state index in [4.69, 9.17) is 5.11 Å². The molecule has 0 amide bonds. The maximum atomic E-state index is 11.7. The molecule has 1 rings (SSSR count). The van der Waals surface area contributed by atoms with Crippen LogP contribution in [-0.2, 0) is 26.9 Å². The fourth-order valence-corrected chi connectivity index (χ4v) is 2.66. The number of nitrogens with zero attached hydrogens (tertiary/aromatic N) is 3. The highest BCUT2D eigenvalue weighted by molar-refractivity contribution is 7.90. The molecular formula is C10H17N3O4S. The summed E-state index contributed by atoms with van der Waals surface area (Å²) < 4.78 is 24.9. The van der Waals surface area contributed by atoms with E-state index in [1.165, 1.54) is 6.33 Å². The van der Waals surface area contributed by atoms with Gasteiger partial charge in [0.15, 0.2) is 9.84 Å². The zero-order valence-corrected chi connectivity index (χ0v) is 11.2. The number of carbonyl (C=O) groups is 1. The lowest BCUT2D eigenvalue weighted by Crippen LogP contribution is -2.17. The minimum absolute atomic E-state index is 0.271. The third kappa shape index (κ3) is 4.82. The average molecular weight is 275 g/mol. The number of aromatic nitrogens is 3. The largest absolute Gasteiger partial charge is 0.481 e. The first-order valence-electron chi connectivity index (χ1n) is 5.59. The number of hydrogen-bond acceptors (Lipinski definition) is 5. The van der Waals surface area contributed by atoms with E-state index in [1.807, 2.05) is 13.8 Å². The monoisotopic (exact) mass is 275 g/mol. The van der Waals surface area contributed by atoms with Crippen LogP contribution in [0, 0.1) is 5.92 Å². The zero-order valence-electron chi connectivity index (χ0n) is 10.4. The molecule has 0 aromatic carbocycles. The molecule has 7 nitrogen and oxygen atoms in total. The van der Waals surface area contributed by atoms with Crippen molar-refractivity contribution >= 4 is 15.8 Å². The average Bonchev–Trinajstić information content (AvgIpc) is 2.61. The Bertz CT molecular complexity index is 507. The summed E-state index contributed by atoms with van der Waals surface area (Å²) in [5.41, 5.74) is 0. The van der Waals surface area contributed by atoms with Crippen molar-refractivity contribution in [2.45, 2.75) is 32.6 Å². The fraction of sp³-hybridized carbons (Fsp3) is 0.700. The molecule has 0 atom stereocenters. The Labute approximate surface area is 106 Å². The molecule has 1 heterocycles. The third-order valence-electron chi connectivity index (χ3n) is 2.21. The van der Waals surface area contributed by atoms with E-state index < -0.39 is 15.8 Å². The van der Waals surface area contributed by atoms with E-state index in [-0.39, 0.29) is 17.9 Å². The van der Waals surface area contributed by atoms with Crippen molar-refractivity contribution in [2.24, 2.45) is 5.92 Å². The summed E-state index contributed by atoms with van der Waals surface area (Å²) in [6.45, 7) is 4.57. The van der Waals surface area contributed by atoms with E-state index >= 15 is 0 Å². The number of sulfone groups is 1. The Morgan fingerprint density at radius 1 is 1.50 bits per heavy atom. The molecule has 0 aliphatic heterocycles. The van der Waals surface area contributed by atoms with E-state index in [1.54, 1.807) is 4.68 Å². The van der Waals surface area contributed by atoms with Gasteiger partial charge in [0.1, 0.15) is 17.9 Å². The molecule has 0 aliphatic rings. The maximum absolute atomic E-state index is 11.7. The molecule has 0 saturated heterocycles. The van der Waals surface area contributed by atoms with Crippen LogP contribution in [0.5, 0.6) is 0 Å². The van der Waals surface area contributed by atoms with Crippen molar-refractivity contribution < 1.29 is 18.3 Å². The Morgan fingerprint density at radius 3 is 2.72 bits per heavy atom. The molecule has 0 radical (unpaired) electrons. The van der Waals surface area contributed by atoms with Gasteiger partial charge >= 0.3 is 5.97 Å². The Balaban J connectivity index is 2.72. The standard InChI is InChI=1S/C10H17N3O4S/c1-8(2)5-13-9(11-7-12-13)6-18(16,17)4-3-10(14)15/h7-8H,3-6H2,1-2H3,(H,14,15). The lowest BCUT2D eigenvalue weighted by molar-refractivity contribution is -0.136. The van der Waals surface area contributed by atoms with Crippen molar-refractivity contribution in [3.8, 4) is 0 Å². The normalized spacial score (nSPS) is 11.9. The molecule has 1 aromatic heterocycles. The van der Waals surface area contributed by atoms with Crippen LogP contribution < -0.4 is 0 Å². The predicted octanol–water partition coefficient (Wildman–Crippen LogP) is 0.324. The SMILES string of the molecule is CC(C)Cn1ncnc1CS(=O)(=O)CCC(=O)O. The summed E-state index contributed by atoms with van der Waals surface area (Å²) in [7, 11) is -3.46. The molecule has 0 unspecified atom stereocenters. The van der Waals surface area contributed by atoms with Crippen LogP contribution in [-0.4, -0.2) is 40.0 Å². The van der Waals surface area contributed by atoms with Gasteiger partial charge < -0.3 is 5.11 Å². The van der Waals surface area contributed by atoms with Gasteiger partial charge in [0.25, 0.3) is 0 Å². The van der Waals surface area contributed by atoms with E-state index in [2.05, 4.69) is 10.1 Å². The van der Waals surface area contributed by atoms with Crippen molar-refractivity contribution in [1.29, 1.82) is 0 Å². The van der Waals surface area contributed by atoms with Crippen LogP contribution >= 0.6 is 0 Å². The van der Waals surface area contributed by atoms with E-state index in [0.717, 1.165) is 0 Å². The Kier molecular flexibility index (Phi) is 4.83. The second kappa shape index (κ2) is 5.94. The van der Waals surface area contributed by atoms with Gasteiger partial charge in [0, 0.05) is 6.54 Å². The van der Waals surface area contributed by atoms with Gasteiger partial charge in [-0.15, -0.1) is 0 Å². The molecule has 102 valence electrons. The summed E-state index contributed by atoms with van der Waals surface area (Å²) in [6, 6.07) is 0. The molecule has 0 fully saturated rings. The number of carboxylic acid groups (broad SMARTS) is 1. The molecule has 0 aliphatic carbocycles. The molecule has 1 N–H and O–H groups in total. The van der Waals surface area contributed by atoms with E-state index in [9.17, 15) is 13.2 Å². The van der Waals surface area contributed by atoms with Gasteiger partial charge in [0.05, 0.1) is 12.2 Å². The summed E-state index contributed by atoms with van der Waals surface area (Å²) in [5.74, 6) is -1.09. The first kappa shape index (κ1) is 14.6. The Morgan fingerprint density at radius 2 is 2.17 bits per heavy atom. The van der Waals surface area contributed by atoms with Crippen LogP contribution in [0.4, 0.5) is 0 Å². The van der Waals surface area contributed by atoms with Crippen molar-refractivity contribution in [3.05, 3.63) is 12.2 Å². The first-order valence-corrected chi connectivity index (χ1v) is 7.41. The molecule has 0 spiro atoms. The molecular weight excluding hydrogens is 258 g/mol. The van der Waals surface area contributed by atoms with Gasteiger partial charge in [-0.2, -0.15) is 5.10 Å². The lowest BCUT2D eigenvalue weighted by atomic mass is 10.2. The molecule has 8 heteroatoms. The minimum atomic E-state index is -3.46. The smallest absolute Gasteiger partial charge is 0.304 e. The first-order chi connectivity index (χ1) is 8.30. The fourth-order valence-electron chi connectivity index (χ4n) is 1.41. The molecule has 0 bridgehead atoms. The van der Waals surface area contributed by atoms with Crippen LogP contribution in [0.15, 0.2) is 6.33 Å². The van der Waals surface area contributed by atoms with Gasteiger partial charge in [-0.1, -0.05) is 13.8 Å². The minimum Gasteiger partial charge on any atom is -0.481 e. The topological polar surface area (TPSA) is 102 Å². The highest BCUT2D eigenvalue weighted by Gasteiger charge is 2.18. The highest BCUT2D eigenvalue weighted by atomic mass is 32.2. The predicted molar refractivity (Wildman–Crippen MR) is 64.6 cm³/mol. The summed E-state index contributed by atoms with van der Waals surface area (Å²) in [4.78, 5) is 14.3. The van der Waals surface area contributed by atoms with Gasteiger partial charge in [-0.25, -0.2) is 18.1 Å². The molecule has 1 aromatic rings. The van der Waals surface area contributed by atoms with Crippen LogP contribution in [0.25, 0.3) is 0 Å². The number of carboxylic acids is 1. The van der Waals surface area contributed by atoms with Gasteiger partial charge in [-0.05, 0) is 5.92 Å². The molecule has 18 heavy (non-hydrogen) atoms. The second-order valence-electron chi connectivity index (χ2n) is 4.49. The van der Waals surface area contributed by atoms with E-state index in [0.29, 0.717) is 18.3 Å². The maximum Gasteiger partial charge on any atom is 0.304 e. The zero-order chi connectivity index (χ0) is 13.8. The number of rotatable bonds is 7. The molecule has 0 saturated carbocycles. The Hall–Kier alpha value is -1.44. The third-order valence-corrected chi connectivity index (χ3v) is 3.73. The van der Waals surface area contributed by atoms with Crippen LogP contribution in [0.3, 0.4) is 0 Å². The summed E-state index contributed by atoms with van der Waals surface area (Å²) in [5, 5.41) is 12.4. The van der Waals surface area contributed by atoms with Crippen molar-refractivity contribution in [1.82, 2.24) is 14.8 Å². The van der Waals surface area contributed by atoms with Crippen molar-refractivity contribution in [3.63, 3.8) is 0 Å².